The van der Waals surface area contributed by atoms with Crippen molar-refractivity contribution < 1.29 is 0 Å². The van der Waals surface area contributed by atoms with Crippen LogP contribution in [0, 0.1) is 0 Å². The maximum Gasteiger partial charge on any atom is 0.0546 e. The molecule has 0 spiro atoms. The molecule has 1 aliphatic rings. The predicted molar refractivity (Wildman–Crippen MR) is 230 cm³/mol. The highest BCUT2D eigenvalue weighted by atomic mass is 15.1. The largest absolute Gasteiger partial charge is 0.310 e. The molecule has 0 N–H and O–H groups in total. The van der Waals surface area contributed by atoms with Crippen molar-refractivity contribution in [1.29, 1.82) is 0 Å². The molecule has 256 valence electrons. The summed E-state index contributed by atoms with van der Waals surface area (Å²) in [6, 6.07) is 73.3. The molecule has 0 saturated heterocycles. The van der Waals surface area contributed by atoms with Crippen LogP contribution in [0.3, 0.4) is 0 Å². The Hall–Kier alpha value is -6.70. The summed E-state index contributed by atoms with van der Waals surface area (Å²) in [5, 5.41) is 4.99. The van der Waals surface area contributed by atoms with Gasteiger partial charge in [0.25, 0.3) is 0 Å². The molecule has 0 radical (unpaired) electrons. The molecule has 0 fully saturated rings. The normalized spacial score (nSPS) is 12.8. The molecule has 10 rings (SSSR count). The number of fused-ring (bicyclic) bond motifs is 6. The van der Waals surface area contributed by atoms with Gasteiger partial charge in [0.2, 0.25) is 0 Å². The SMILES string of the molecule is CC1(C)c2ccccc2-c2ccc(N(c3ccc(-c4ccc(-c5ccccc5-c5ccccc5)cc4)cc3)c3cc4ccccc4c4ccccc34)cc21. The molecule has 0 heterocycles. The van der Waals surface area contributed by atoms with Gasteiger partial charge in [-0.1, -0.05) is 184 Å². The van der Waals surface area contributed by atoms with E-state index in [1.165, 1.54) is 82.9 Å². The van der Waals surface area contributed by atoms with Gasteiger partial charge in [-0.3, -0.25) is 0 Å². The lowest BCUT2D eigenvalue weighted by Gasteiger charge is -2.29. The van der Waals surface area contributed by atoms with E-state index in [9.17, 15) is 0 Å². The van der Waals surface area contributed by atoms with Gasteiger partial charge in [0.1, 0.15) is 0 Å². The van der Waals surface area contributed by atoms with Crippen LogP contribution < -0.4 is 4.90 Å². The molecule has 9 aromatic carbocycles. The summed E-state index contributed by atoms with van der Waals surface area (Å²) in [7, 11) is 0. The van der Waals surface area contributed by atoms with Crippen LogP contribution in [0.5, 0.6) is 0 Å². The molecular formula is C53H39N. The highest BCUT2D eigenvalue weighted by Gasteiger charge is 2.35. The lowest BCUT2D eigenvalue weighted by molar-refractivity contribution is 0.660. The summed E-state index contributed by atoms with van der Waals surface area (Å²) in [6.45, 7) is 4.72. The Bertz CT molecular complexity index is 2830. The third kappa shape index (κ3) is 5.24. The molecular weight excluding hydrogens is 651 g/mol. The van der Waals surface area contributed by atoms with Crippen molar-refractivity contribution in [2.45, 2.75) is 19.3 Å². The smallest absolute Gasteiger partial charge is 0.0546 e. The highest BCUT2D eigenvalue weighted by Crippen LogP contribution is 2.51. The first-order valence-electron chi connectivity index (χ1n) is 18.8. The van der Waals surface area contributed by atoms with Gasteiger partial charge in [0.15, 0.2) is 0 Å². The number of benzene rings is 9. The van der Waals surface area contributed by atoms with Crippen molar-refractivity contribution in [2.24, 2.45) is 0 Å². The van der Waals surface area contributed by atoms with Gasteiger partial charge in [-0.25, -0.2) is 0 Å². The molecule has 54 heavy (non-hydrogen) atoms. The Labute approximate surface area is 317 Å². The van der Waals surface area contributed by atoms with Crippen LogP contribution in [0.1, 0.15) is 25.0 Å². The predicted octanol–water partition coefficient (Wildman–Crippen LogP) is 14.8. The molecule has 0 aliphatic heterocycles. The fourth-order valence-corrected chi connectivity index (χ4v) is 8.73. The zero-order valence-corrected chi connectivity index (χ0v) is 30.5. The zero-order valence-electron chi connectivity index (χ0n) is 30.5. The topological polar surface area (TPSA) is 3.24 Å². The van der Waals surface area contributed by atoms with Crippen molar-refractivity contribution in [3.8, 4) is 44.5 Å². The fraction of sp³-hybridized carbons (Fsp3) is 0.0566. The van der Waals surface area contributed by atoms with Gasteiger partial charge in [0, 0.05) is 22.2 Å². The molecule has 0 amide bonds. The monoisotopic (exact) mass is 689 g/mol. The highest BCUT2D eigenvalue weighted by molar-refractivity contribution is 6.14. The van der Waals surface area contributed by atoms with Gasteiger partial charge in [-0.05, 0) is 102 Å². The first-order chi connectivity index (χ1) is 26.5. The number of anilines is 3. The van der Waals surface area contributed by atoms with E-state index in [1.54, 1.807) is 0 Å². The third-order valence-electron chi connectivity index (χ3n) is 11.5. The fourth-order valence-electron chi connectivity index (χ4n) is 8.73. The van der Waals surface area contributed by atoms with E-state index in [2.05, 4.69) is 219 Å². The maximum absolute atomic E-state index is 2.46. The molecule has 1 aliphatic carbocycles. The van der Waals surface area contributed by atoms with E-state index in [0.717, 1.165) is 11.4 Å². The summed E-state index contributed by atoms with van der Waals surface area (Å²) >= 11 is 0. The third-order valence-corrected chi connectivity index (χ3v) is 11.5. The van der Waals surface area contributed by atoms with Crippen LogP contribution in [0.15, 0.2) is 200 Å². The molecule has 0 aromatic heterocycles. The van der Waals surface area contributed by atoms with Crippen LogP contribution in [0.4, 0.5) is 17.1 Å². The second-order valence-corrected chi connectivity index (χ2v) is 14.9. The van der Waals surface area contributed by atoms with E-state index in [4.69, 9.17) is 0 Å². The van der Waals surface area contributed by atoms with Crippen LogP contribution in [0.2, 0.25) is 0 Å². The van der Waals surface area contributed by atoms with E-state index >= 15 is 0 Å². The van der Waals surface area contributed by atoms with Crippen molar-refractivity contribution in [3.63, 3.8) is 0 Å². The lowest BCUT2D eigenvalue weighted by atomic mass is 9.82. The maximum atomic E-state index is 2.46. The van der Waals surface area contributed by atoms with E-state index in [1.807, 2.05) is 0 Å². The van der Waals surface area contributed by atoms with Crippen LogP contribution >= 0.6 is 0 Å². The Morgan fingerprint density at radius 2 is 0.833 bits per heavy atom. The molecule has 1 nitrogen and oxygen atoms in total. The molecule has 1 heteroatoms. The molecule has 0 unspecified atom stereocenters. The van der Waals surface area contributed by atoms with Crippen molar-refractivity contribution in [3.05, 3.63) is 211 Å². The van der Waals surface area contributed by atoms with Crippen LogP contribution in [-0.4, -0.2) is 0 Å². The molecule has 0 bridgehead atoms. The van der Waals surface area contributed by atoms with Gasteiger partial charge in [0.05, 0.1) is 5.69 Å². The lowest BCUT2D eigenvalue weighted by Crippen LogP contribution is -2.16. The first kappa shape index (κ1) is 32.0. The zero-order chi connectivity index (χ0) is 36.2. The quantitative estimate of drug-likeness (QED) is 0.157. The number of rotatable bonds is 6. The second kappa shape index (κ2) is 12.8. The Morgan fingerprint density at radius 1 is 0.333 bits per heavy atom. The molecule has 0 saturated carbocycles. The number of hydrogen-bond donors (Lipinski definition) is 0. The van der Waals surface area contributed by atoms with Gasteiger partial charge < -0.3 is 4.90 Å². The summed E-state index contributed by atoms with van der Waals surface area (Å²) in [5.41, 5.74) is 16.1. The van der Waals surface area contributed by atoms with Crippen LogP contribution in [-0.2, 0) is 5.41 Å². The number of nitrogens with zero attached hydrogens (tertiary/aromatic N) is 1. The minimum atomic E-state index is -0.101. The summed E-state index contributed by atoms with van der Waals surface area (Å²) in [4.78, 5) is 2.46. The van der Waals surface area contributed by atoms with Crippen molar-refractivity contribution in [1.82, 2.24) is 0 Å². The minimum absolute atomic E-state index is 0.101. The van der Waals surface area contributed by atoms with Crippen molar-refractivity contribution >= 4 is 38.6 Å². The molecule has 0 atom stereocenters. The second-order valence-electron chi connectivity index (χ2n) is 14.9. The Kier molecular flexibility index (Phi) is 7.56. The minimum Gasteiger partial charge on any atom is -0.310 e. The standard InChI is InChI=1S/C53H39N/c1-53(2)50-23-13-12-21-47(50)48-33-32-42(35-51(48)53)54(52-34-40-16-6-7-19-45(40)46-20-10-11-22-49(46)52)41-30-28-37(29-31-41)36-24-26-39(27-25-36)44-18-9-8-17-43(44)38-14-4-3-5-15-38/h3-35H,1-2H3. The average molecular weight is 690 g/mol. The van der Waals surface area contributed by atoms with E-state index < -0.39 is 0 Å². The van der Waals surface area contributed by atoms with E-state index in [0.29, 0.717) is 0 Å². The number of hydrogen-bond acceptors (Lipinski definition) is 1. The Morgan fingerprint density at radius 3 is 1.56 bits per heavy atom. The first-order valence-corrected chi connectivity index (χ1v) is 18.8. The summed E-state index contributed by atoms with van der Waals surface area (Å²) < 4.78 is 0. The van der Waals surface area contributed by atoms with E-state index in [-0.39, 0.29) is 5.41 Å². The van der Waals surface area contributed by atoms with Crippen molar-refractivity contribution in [2.75, 3.05) is 4.90 Å². The summed E-state index contributed by atoms with van der Waals surface area (Å²) in [6.07, 6.45) is 0. The van der Waals surface area contributed by atoms with Crippen LogP contribution in [0.25, 0.3) is 66.1 Å². The summed E-state index contributed by atoms with van der Waals surface area (Å²) in [5.74, 6) is 0. The van der Waals surface area contributed by atoms with Gasteiger partial charge >= 0.3 is 0 Å². The van der Waals surface area contributed by atoms with Gasteiger partial charge in [-0.2, -0.15) is 0 Å². The van der Waals surface area contributed by atoms with Gasteiger partial charge in [-0.15, -0.1) is 0 Å². The Balaban J connectivity index is 1.08. The molecule has 9 aromatic rings. The average Bonchev–Trinajstić information content (AvgIpc) is 3.47.